The Morgan fingerprint density at radius 2 is 1.71 bits per heavy atom. The van der Waals surface area contributed by atoms with Gasteiger partial charge < -0.3 is 0 Å². The molecule has 1 saturated carbocycles. The first-order chi connectivity index (χ1) is 6.73. The maximum Gasteiger partial charge on any atom is 0.0750 e. The van der Waals surface area contributed by atoms with Crippen molar-refractivity contribution in [2.45, 2.75) is 43.9 Å². The Kier molecular flexibility index (Phi) is 2.34. The van der Waals surface area contributed by atoms with Crippen LogP contribution in [0.4, 0.5) is 0 Å². The van der Waals surface area contributed by atoms with Gasteiger partial charge in [0.05, 0.1) is 7.57 Å². The van der Waals surface area contributed by atoms with Gasteiger partial charge in [-0.25, -0.2) is 0 Å². The number of halogens is 2. The number of hydrogen-bond donors (Lipinski definition) is 0. The lowest BCUT2D eigenvalue weighted by Gasteiger charge is -2.23. The zero-order valence-corrected chi connectivity index (χ0v) is 11.9. The van der Waals surface area contributed by atoms with Crippen molar-refractivity contribution in [2.24, 2.45) is 0 Å². The molecule has 0 aromatic carbocycles. The maximum absolute atomic E-state index is 3.74. The SMILES string of the molecule is Brc1sc(Br)c2c1CCC21CCCC1. The smallest absolute Gasteiger partial charge is 0.0750 e. The van der Waals surface area contributed by atoms with Crippen LogP contribution in [0.25, 0.3) is 0 Å². The summed E-state index contributed by atoms with van der Waals surface area (Å²) in [5.74, 6) is 0. The fourth-order valence-corrected chi connectivity index (χ4v) is 6.81. The number of hydrogen-bond acceptors (Lipinski definition) is 1. The third-order valence-electron chi connectivity index (χ3n) is 3.86. The van der Waals surface area contributed by atoms with Gasteiger partial charge in [-0.05, 0) is 74.1 Å². The van der Waals surface area contributed by atoms with Gasteiger partial charge in [0.2, 0.25) is 0 Å². The van der Waals surface area contributed by atoms with E-state index in [1.165, 1.54) is 46.1 Å². The van der Waals surface area contributed by atoms with Crippen LogP contribution in [-0.2, 0) is 11.8 Å². The van der Waals surface area contributed by atoms with E-state index in [4.69, 9.17) is 0 Å². The van der Waals surface area contributed by atoms with E-state index in [-0.39, 0.29) is 0 Å². The van der Waals surface area contributed by atoms with Crippen LogP contribution < -0.4 is 0 Å². The molecule has 0 atom stereocenters. The van der Waals surface area contributed by atoms with Gasteiger partial charge in [0.25, 0.3) is 0 Å². The van der Waals surface area contributed by atoms with Crippen molar-refractivity contribution in [3.05, 3.63) is 18.7 Å². The molecule has 2 aliphatic rings. The molecule has 76 valence electrons. The monoisotopic (exact) mass is 334 g/mol. The van der Waals surface area contributed by atoms with E-state index in [2.05, 4.69) is 31.9 Å². The van der Waals surface area contributed by atoms with Gasteiger partial charge in [-0.1, -0.05) is 12.8 Å². The summed E-state index contributed by atoms with van der Waals surface area (Å²) in [4.78, 5) is 0. The third kappa shape index (κ3) is 1.21. The zero-order valence-electron chi connectivity index (χ0n) is 7.91. The molecule has 1 spiro atoms. The van der Waals surface area contributed by atoms with Crippen molar-refractivity contribution in [3.63, 3.8) is 0 Å². The van der Waals surface area contributed by atoms with E-state index >= 15 is 0 Å². The number of thiophene rings is 1. The molecule has 0 saturated heterocycles. The van der Waals surface area contributed by atoms with E-state index in [0.29, 0.717) is 5.41 Å². The Labute approximate surface area is 105 Å². The normalized spacial score (nSPS) is 23.3. The first kappa shape index (κ1) is 9.86. The van der Waals surface area contributed by atoms with Crippen LogP contribution in [0.15, 0.2) is 7.57 Å². The Balaban J connectivity index is 2.16. The quantitative estimate of drug-likeness (QED) is 0.623. The largest absolute Gasteiger partial charge is 0.121 e. The van der Waals surface area contributed by atoms with Gasteiger partial charge in [0.15, 0.2) is 0 Å². The molecular formula is C11H12Br2S. The fraction of sp³-hybridized carbons (Fsp3) is 0.636. The van der Waals surface area contributed by atoms with E-state index in [0.717, 1.165) is 0 Å². The molecule has 3 heteroatoms. The molecule has 0 nitrogen and oxygen atoms in total. The highest BCUT2D eigenvalue weighted by Crippen LogP contribution is 2.56. The van der Waals surface area contributed by atoms with Gasteiger partial charge in [0.1, 0.15) is 0 Å². The van der Waals surface area contributed by atoms with Gasteiger partial charge in [-0.15, -0.1) is 11.3 Å². The highest BCUT2D eigenvalue weighted by molar-refractivity contribution is 9.12. The third-order valence-corrected chi connectivity index (χ3v) is 6.51. The van der Waals surface area contributed by atoms with Gasteiger partial charge >= 0.3 is 0 Å². The van der Waals surface area contributed by atoms with Crippen molar-refractivity contribution in [1.82, 2.24) is 0 Å². The van der Waals surface area contributed by atoms with Gasteiger partial charge in [-0.2, -0.15) is 0 Å². The van der Waals surface area contributed by atoms with E-state index in [9.17, 15) is 0 Å². The zero-order chi connectivity index (χ0) is 9.76. The predicted molar refractivity (Wildman–Crippen MR) is 68.2 cm³/mol. The van der Waals surface area contributed by atoms with Crippen LogP contribution in [0.3, 0.4) is 0 Å². The minimum absolute atomic E-state index is 0.566. The molecule has 1 heterocycles. The summed E-state index contributed by atoms with van der Waals surface area (Å²) in [6, 6.07) is 0. The van der Waals surface area contributed by atoms with Crippen molar-refractivity contribution in [3.8, 4) is 0 Å². The topological polar surface area (TPSA) is 0 Å². The van der Waals surface area contributed by atoms with Crippen LogP contribution in [0.2, 0.25) is 0 Å². The average Bonchev–Trinajstić information content (AvgIpc) is 2.79. The molecule has 0 aliphatic heterocycles. The van der Waals surface area contributed by atoms with Crippen LogP contribution in [0.5, 0.6) is 0 Å². The summed E-state index contributed by atoms with van der Waals surface area (Å²) in [7, 11) is 0. The van der Waals surface area contributed by atoms with Crippen molar-refractivity contribution >= 4 is 43.2 Å². The van der Waals surface area contributed by atoms with E-state index < -0.39 is 0 Å². The summed E-state index contributed by atoms with van der Waals surface area (Å²) in [6.07, 6.45) is 8.38. The molecule has 0 amide bonds. The molecule has 0 N–H and O–H groups in total. The summed E-state index contributed by atoms with van der Waals surface area (Å²) in [5.41, 5.74) is 3.83. The van der Waals surface area contributed by atoms with E-state index in [1.807, 2.05) is 11.3 Å². The van der Waals surface area contributed by atoms with Gasteiger partial charge in [-0.3, -0.25) is 0 Å². The molecule has 1 fully saturated rings. The average molecular weight is 336 g/mol. The Morgan fingerprint density at radius 1 is 1.00 bits per heavy atom. The molecule has 0 radical (unpaired) electrons. The van der Waals surface area contributed by atoms with Gasteiger partial charge in [0, 0.05) is 0 Å². The number of fused-ring (bicyclic) bond motifs is 2. The van der Waals surface area contributed by atoms with Crippen molar-refractivity contribution in [2.75, 3.05) is 0 Å². The molecule has 2 aliphatic carbocycles. The Bertz CT molecular complexity index is 375. The minimum atomic E-state index is 0.566. The Hall–Kier alpha value is 0.660. The lowest BCUT2D eigenvalue weighted by atomic mass is 9.82. The summed E-state index contributed by atoms with van der Waals surface area (Å²) in [5, 5.41) is 0. The fourth-order valence-electron chi connectivity index (χ4n) is 3.20. The molecule has 1 aromatic heterocycles. The standard InChI is InChI=1S/C11H12Br2S/c12-9-7-3-6-11(4-1-2-5-11)8(7)10(13)14-9/h1-6H2. The second-order valence-electron chi connectivity index (χ2n) is 4.49. The van der Waals surface area contributed by atoms with Crippen LogP contribution in [0.1, 0.15) is 43.2 Å². The molecule has 14 heavy (non-hydrogen) atoms. The first-order valence-electron chi connectivity index (χ1n) is 5.20. The second kappa shape index (κ2) is 3.33. The first-order valence-corrected chi connectivity index (χ1v) is 7.60. The molecule has 0 bridgehead atoms. The lowest BCUT2D eigenvalue weighted by molar-refractivity contribution is 0.438. The van der Waals surface area contributed by atoms with Crippen molar-refractivity contribution < 1.29 is 0 Å². The predicted octanol–water partition coefficient (Wildman–Crippen LogP) is 5.03. The maximum atomic E-state index is 3.74. The van der Waals surface area contributed by atoms with Crippen molar-refractivity contribution in [1.29, 1.82) is 0 Å². The minimum Gasteiger partial charge on any atom is -0.121 e. The Morgan fingerprint density at radius 3 is 2.43 bits per heavy atom. The van der Waals surface area contributed by atoms with Crippen LogP contribution in [0, 0.1) is 0 Å². The summed E-state index contributed by atoms with van der Waals surface area (Å²) < 4.78 is 2.75. The molecular weight excluding hydrogens is 324 g/mol. The molecule has 3 rings (SSSR count). The lowest BCUT2D eigenvalue weighted by Crippen LogP contribution is -2.17. The van der Waals surface area contributed by atoms with Crippen LogP contribution >= 0.6 is 43.2 Å². The summed E-state index contributed by atoms with van der Waals surface area (Å²) >= 11 is 9.29. The number of rotatable bonds is 0. The second-order valence-corrected chi connectivity index (χ2v) is 8.15. The highest BCUT2D eigenvalue weighted by Gasteiger charge is 2.44. The van der Waals surface area contributed by atoms with E-state index in [1.54, 1.807) is 11.1 Å². The molecule has 0 unspecified atom stereocenters. The summed E-state index contributed by atoms with van der Waals surface area (Å²) in [6.45, 7) is 0. The molecule has 1 aromatic rings. The highest BCUT2D eigenvalue weighted by atomic mass is 79.9. The van der Waals surface area contributed by atoms with Crippen LogP contribution in [-0.4, -0.2) is 0 Å².